The minimum atomic E-state index is -0.995. The van der Waals surface area contributed by atoms with Crippen LogP contribution in [-0.4, -0.2) is 62.3 Å². The number of benzene rings is 1. The van der Waals surface area contributed by atoms with Crippen molar-refractivity contribution in [3.8, 4) is 11.5 Å². The van der Waals surface area contributed by atoms with Crippen molar-refractivity contribution in [1.82, 2.24) is 9.97 Å². The number of carbonyl (C=O) groups is 2. The summed E-state index contributed by atoms with van der Waals surface area (Å²) in [6.07, 6.45) is -0.168. The van der Waals surface area contributed by atoms with E-state index >= 15 is 0 Å². The van der Waals surface area contributed by atoms with Crippen LogP contribution in [-0.2, 0) is 14.3 Å². The van der Waals surface area contributed by atoms with E-state index < -0.39 is 17.4 Å². The number of hydrogen-bond acceptors (Lipinski definition) is 8. The van der Waals surface area contributed by atoms with Crippen molar-refractivity contribution < 1.29 is 23.8 Å². The molecule has 1 saturated heterocycles. The number of nitrogens with one attached hydrogen (secondary N) is 3. The lowest BCUT2D eigenvalue weighted by Crippen LogP contribution is -2.41. The van der Waals surface area contributed by atoms with Crippen LogP contribution < -0.4 is 30.6 Å². The fraction of sp³-hybridized carbons (Fsp3) is 0.400. The Morgan fingerprint density at radius 3 is 2.71 bits per heavy atom. The Hall–Kier alpha value is -3.60. The number of amides is 2. The summed E-state index contributed by atoms with van der Waals surface area (Å²) in [6.45, 7) is 2.16. The third-order valence-corrected chi connectivity index (χ3v) is 5.23. The van der Waals surface area contributed by atoms with Gasteiger partial charge in [-0.15, -0.1) is 0 Å². The topological polar surface area (TPSA) is 135 Å². The SMILES string of the molecule is COc1ccc(NC(=O)[C@@H]2CC(=O)Nc3nc(N4CCOCC4)[nH]c(=O)c32)c(OC)c1. The summed E-state index contributed by atoms with van der Waals surface area (Å²) in [6, 6.07) is 4.92. The van der Waals surface area contributed by atoms with E-state index in [1.807, 2.05) is 4.90 Å². The van der Waals surface area contributed by atoms with Crippen molar-refractivity contribution in [2.24, 2.45) is 0 Å². The molecule has 0 unspecified atom stereocenters. The van der Waals surface area contributed by atoms with Crippen molar-refractivity contribution in [2.75, 3.05) is 56.1 Å². The highest BCUT2D eigenvalue weighted by molar-refractivity contribution is 6.05. The Kier molecular flexibility index (Phi) is 5.76. The molecule has 11 nitrogen and oxygen atoms in total. The molecule has 2 aliphatic heterocycles. The van der Waals surface area contributed by atoms with Crippen LogP contribution in [0.1, 0.15) is 17.9 Å². The number of nitrogens with zero attached hydrogens (tertiary/aromatic N) is 2. The Balaban J connectivity index is 1.64. The average molecular weight is 429 g/mol. The van der Waals surface area contributed by atoms with Gasteiger partial charge in [0.2, 0.25) is 17.8 Å². The van der Waals surface area contributed by atoms with Gasteiger partial charge in [-0.25, -0.2) is 0 Å². The molecule has 1 fully saturated rings. The van der Waals surface area contributed by atoms with Gasteiger partial charge in [-0.2, -0.15) is 4.98 Å². The standard InChI is InChI=1S/C20H23N5O6/c1-29-11-3-4-13(14(9-11)30-2)21-18(27)12-10-15(26)22-17-16(12)19(28)24-20(23-17)25-5-7-31-8-6-25/h3-4,9,12H,5-8,10H2,1-2H3,(H,21,27)(H2,22,23,24,26,28)/t12-/m1/s1. The number of aromatic amines is 1. The summed E-state index contributed by atoms with van der Waals surface area (Å²) >= 11 is 0. The van der Waals surface area contributed by atoms with Crippen molar-refractivity contribution >= 4 is 29.3 Å². The second kappa shape index (κ2) is 8.64. The average Bonchev–Trinajstić information content (AvgIpc) is 2.78. The summed E-state index contributed by atoms with van der Waals surface area (Å²) in [5.41, 5.74) is 0.0603. The van der Waals surface area contributed by atoms with Crippen LogP contribution in [0.25, 0.3) is 0 Å². The van der Waals surface area contributed by atoms with E-state index in [2.05, 4.69) is 20.6 Å². The Labute approximate surface area is 177 Å². The van der Waals surface area contributed by atoms with Crippen molar-refractivity contribution in [2.45, 2.75) is 12.3 Å². The lowest BCUT2D eigenvalue weighted by atomic mass is 9.92. The molecule has 0 saturated carbocycles. The minimum absolute atomic E-state index is 0.100. The van der Waals surface area contributed by atoms with Crippen molar-refractivity contribution in [3.05, 3.63) is 34.1 Å². The fourth-order valence-electron chi connectivity index (χ4n) is 3.63. The van der Waals surface area contributed by atoms with Gasteiger partial charge in [-0.1, -0.05) is 0 Å². The number of aromatic nitrogens is 2. The second-order valence-corrected chi connectivity index (χ2v) is 7.11. The monoisotopic (exact) mass is 429 g/mol. The van der Waals surface area contributed by atoms with E-state index in [0.29, 0.717) is 49.4 Å². The van der Waals surface area contributed by atoms with Gasteiger partial charge in [-0.05, 0) is 12.1 Å². The summed E-state index contributed by atoms with van der Waals surface area (Å²) in [4.78, 5) is 47.2. The highest BCUT2D eigenvalue weighted by Crippen LogP contribution is 2.33. The molecule has 4 rings (SSSR count). The Morgan fingerprint density at radius 2 is 2.00 bits per heavy atom. The van der Waals surface area contributed by atoms with Crippen LogP contribution in [0.5, 0.6) is 11.5 Å². The molecule has 0 bridgehead atoms. The maximum atomic E-state index is 13.1. The van der Waals surface area contributed by atoms with Gasteiger partial charge < -0.3 is 29.7 Å². The van der Waals surface area contributed by atoms with Crippen LogP contribution in [0.4, 0.5) is 17.5 Å². The third-order valence-electron chi connectivity index (χ3n) is 5.23. The predicted molar refractivity (Wildman–Crippen MR) is 112 cm³/mol. The van der Waals surface area contributed by atoms with Gasteiger partial charge in [0.05, 0.1) is 44.6 Å². The van der Waals surface area contributed by atoms with Crippen molar-refractivity contribution in [1.29, 1.82) is 0 Å². The first-order chi connectivity index (χ1) is 15.0. The lowest BCUT2D eigenvalue weighted by molar-refractivity contribution is -0.123. The summed E-state index contributed by atoms with van der Waals surface area (Å²) in [5, 5.41) is 5.36. The van der Waals surface area contributed by atoms with E-state index in [0.717, 1.165) is 0 Å². The minimum Gasteiger partial charge on any atom is -0.497 e. The van der Waals surface area contributed by atoms with Crippen LogP contribution in [0, 0.1) is 0 Å². The number of rotatable bonds is 5. The van der Waals surface area contributed by atoms with E-state index in [4.69, 9.17) is 14.2 Å². The molecule has 1 atom stereocenters. The van der Waals surface area contributed by atoms with Gasteiger partial charge in [0.15, 0.2) is 0 Å². The quantitative estimate of drug-likeness (QED) is 0.632. The first kappa shape index (κ1) is 20.7. The van der Waals surface area contributed by atoms with Gasteiger partial charge in [-0.3, -0.25) is 19.4 Å². The summed E-state index contributed by atoms with van der Waals surface area (Å²) in [5.74, 6) is -0.498. The van der Waals surface area contributed by atoms with Crippen LogP contribution in [0.15, 0.2) is 23.0 Å². The van der Waals surface area contributed by atoms with E-state index in [1.54, 1.807) is 18.2 Å². The number of hydrogen-bond donors (Lipinski definition) is 3. The molecule has 3 heterocycles. The van der Waals surface area contributed by atoms with Gasteiger partial charge >= 0.3 is 0 Å². The Morgan fingerprint density at radius 1 is 1.23 bits per heavy atom. The molecule has 31 heavy (non-hydrogen) atoms. The Bertz CT molecular complexity index is 1060. The largest absolute Gasteiger partial charge is 0.497 e. The zero-order valence-electron chi connectivity index (χ0n) is 17.2. The van der Waals surface area contributed by atoms with Crippen LogP contribution in [0.3, 0.4) is 0 Å². The maximum absolute atomic E-state index is 13.1. The van der Waals surface area contributed by atoms with E-state index in [-0.39, 0.29) is 23.7 Å². The normalized spacial score (nSPS) is 18.1. The molecule has 1 aromatic heterocycles. The predicted octanol–water partition coefficient (Wildman–Crippen LogP) is 0.688. The smallest absolute Gasteiger partial charge is 0.258 e. The molecular formula is C20H23N5O6. The molecule has 2 aromatic rings. The molecule has 11 heteroatoms. The first-order valence-corrected chi connectivity index (χ1v) is 9.79. The van der Waals surface area contributed by atoms with E-state index in [1.165, 1.54) is 14.2 Å². The van der Waals surface area contributed by atoms with Crippen LogP contribution in [0.2, 0.25) is 0 Å². The first-order valence-electron chi connectivity index (χ1n) is 9.79. The highest BCUT2D eigenvalue weighted by Gasteiger charge is 2.35. The zero-order chi connectivity index (χ0) is 22.0. The zero-order valence-corrected chi connectivity index (χ0v) is 17.2. The highest BCUT2D eigenvalue weighted by atomic mass is 16.5. The number of anilines is 3. The van der Waals surface area contributed by atoms with E-state index in [9.17, 15) is 14.4 Å². The number of morpholine rings is 1. The molecule has 3 N–H and O–H groups in total. The molecule has 0 spiro atoms. The number of carbonyl (C=O) groups excluding carboxylic acids is 2. The molecule has 164 valence electrons. The van der Waals surface area contributed by atoms with Crippen LogP contribution >= 0.6 is 0 Å². The number of fused-ring (bicyclic) bond motifs is 1. The summed E-state index contributed by atoms with van der Waals surface area (Å²) in [7, 11) is 2.99. The summed E-state index contributed by atoms with van der Waals surface area (Å²) < 4.78 is 15.8. The third kappa shape index (κ3) is 4.17. The number of ether oxygens (including phenoxy) is 3. The second-order valence-electron chi connectivity index (χ2n) is 7.11. The number of H-pyrrole nitrogens is 1. The molecule has 0 aliphatic carbocycles. The maximum Gasteiger partial charge on any atom is 0.258 e. The van der Waals surface area contributed by atoms with Crippen molar-refractivity contribution in [3.63, 3.8) is 0 Å². The van der Waals surface area contributed by atoms with Gasteiger partial charge in [0.1, 0.15) is 17.3 Å². The molecule has 0 radical (unpaired) electrons. The molecule has 2 amide bonds. The lowest BCUT2D eigenvalue weighted by Gasteiger charge is -2.29. The van der Waals surface area contributed by atoms with Gasteiger partial charge in [0.25, 0.3) is 5.56 Å². The molecule has 2 aliphatic rings. The number of methoxy groups -OCH3 is 2. The molecular weight excluding hydrogens is 406 g/mol. The van der Waals surface area contributed by atoms with Gasteiger partial charge in [0, 0.05) is 25.6 Å². The molecule has 1 aromatic carbocycles. The fourth-order valence-corrected chi connectivity index (χ4v) is 3.63.